The van der Waals surface area contributed by atoms with Gasteiger partial charge in [-0.25, -0.2) is 4.98 Å². The molecule has 0 unspecified atom stereocenters. The summed E-state index contributed by atoms with van der Waals surface area (Å²) in [5.74, 6) is 0.797. The van der Waals surface area contributed by atoms with Crippen molar-refractivity contribution in [1.82, 2.24) is 10.3 Å². The molecule has 0 radical (unpaired) electrons. The van der Waals surface area contributed by atoms with E-state index in [4.69, 9.17) is 4.74 Å². The lowest BCUT2D eigenvalue weighted by Crippen LogP contribution is -2.22. The van der Waals surface area contributed by atoms with Crippen LogP contribution in [0.1, 0.15) is 17.5 Å². The molecule has 1 N–H and O–H groups in total. The van der Waals surface area contributed by atoms with E-state index in [1.165, 1.54) is 16.9 Å². The van der Waals surface area contributed by atoms with Gasteiger partial charge < -0.3 is 10.1 Å². The van der Waals surface area contributed by atoms with Gasteiger partial charge in [0, 0.05) is 24.5 Å². The summed E-state index contributed by atoms with van der Waals surface area (Å²) in [6.07, 6.45) is 2.96. The number of nitrogens with one attached hydrogen (secondary N) is 1. The summed E-state index contributed by atoms with van der Waals surface area (Å²) in [4.78, 5) is 16.0. The van der Waals surface area contributed by atoms with Crippen LogP contribution in [0.3, 0.4) is 0 Å². The lowest BCUT2D eigenvalue weighted by Gasteiger charge is -2.07. The topological polar surface area (TPSA) is 51.2 Å². The highest BCUT2D eigenvalue weighted by molar-refractivity contribution is 7.11. The van der Waals surface area contributed by atoms with E-state index in [2.05, 4.69) is 10.3 Å². The van der Waals surface area contributed by atoms with Crippen LogP contribution in [0.25, 0.3) is 0 Å². The summed E-state index contributed by atoms with van der Waals surface area (Å²) in [5.41, 5.74) is 2.21. The Balaban J connectivity index is 1.43. The number of carbonyl (C=O) groups is 1. The van der Waals surface area contributed by atoms with E-state index in [0.717, 1.165) is 17.7 Å². The molecule has 0 aliphatic carbocycles. The van der Waals surface area contributed by atoms with Crippen molar-refractivity contribution in [2.24, 2.45) is 0 Å². The second-order valence-electron chi connectivity index (χ2n) is 5.31. The third kappa shape index (κ3) is 4.93. The summed E-state index contributed by atoms with van der Waals surface area (Å²) in [6.45, 7) is 0.519. The average Bonchev–Trinajstić information content (AvgIpc) is 3.13. The summed E-state index contributed by atoms with van der Waals surface area (Å²) < 4.78 is 5.61. The standard InChI is InChI=1S/C19H18N2O2S/c22-18(11-8-15-4-2-1-3-5-15)21-14-16-6-9-17(10-7-16)23-19-20-12-13-24-19/h1-7,9-10,12-13H,8,11,14H2,(H,21,22). The number of hydrogen-bond donors (Lipinski definition) is 1. The summed E-state index contributed by atoms with van der Waals surface area (Å²) in [7, 11) is 0. The minimum Gasteiger partial charge on any atom is -0.431 e. The normalized spacial score (nSPS) is 10.3. The minimum absolute atomic E-state index is 0.0574. The van der Waals surface area contributed by atoms with Crippen molar-refractivity contribution in [3.05, 3.63) is 77.3 Å². The van der Waals surface area contributed by atoms with Crippen molar-refractivity contribution in [2.75, 3.05) is 0 Å². The van der Waals surface area contributed by atoms with Crippen molar-refractivity contribution in [1.29, 1.82) is 0 Å². The monoisotopic (exact) mass is 338 g/mol. The highest BCUT2D eigenvalue weighted by Crippen LogP contribution is 2.23. The SMILES string of the molecule is O=C(CCc1ccccc1)NCc1ccc(Oc2nccs2)cc1. The number of aromatic nitrogens is 1. The number of amides is 1. The largest absolute Gasteiger partial charge is 0.431 e. The van der Waals surface area contributed by atoms with Gasteiger partial charge in [-0.1, -0.05) is 53.8 Å². The number of carbonyl (C=O) groups excluding carboxylic acids is 1. The zero-order valence-electron chi connectivity index (χ0n) is 13.1. The summed E-state index contributed by atoms with van der Waals surface area (Å²) >= 11 is 1.45. The molecule has 0 atom stereocenters. The van der Waals surface area contributed by atoms with E-state index in [-0.39, 0.29) is 5.91 Å². The fourth-order valence-electron chi connectivity index (χ4n) is 2.23. The van der Waals surface area contributed by atoms with Gasteiger partial charge in [-0.15, -0.1) is 0 Å². The second-order valence-corrected chi connectivity index (χ2v) is 6.16. The molecule has 5 heteroatoms. The van der Waals surface area contributed by atoms with E-state index in [1.54, 1.807) is 6.20 Å². The zero-order chi connectivity index (χ0) is 16.6. The van der Waals surface area contributed by atoms with E-state index >= 15 is 0 Å². The highest BCUT2D eigenvalue weighted by Gasteiger charge is 2.03. The summed E-state index contributed by atoms with van der Waals surface area (Å²) in [6, 6.07) is 17.7. The average molecular weight is 338 g/mol. The van der Waals surface area contributed by atoms with Gasteiger partial charge in [-0.2, -0.15) is 0 Å². The van der Waals surface area contributed by atoms with Crippen LogP contribution in [0.4, 0.5) is 0 Å². The maximum Gasteiger partial charge on any atom is 0.278 e. The molecular formula is C19H18N2O2S. The molecule has 122 valence electrons. The Morgan fingerprint density at radius 1 is 1.04 bits per heavy atom. The number of ether oxygens (including phenoxy) is 1. The van der Waals surface area contributed by atoms with Gasteiger partial charge in [0.1, 0.15) is 5.75 Å². The lowest BCUT2D eigenvalue weighted by atomic mass is 10.1. The molecule has 4 nitrogen and oxygen atoms in total. The van der Waals surface area contributed by atoms with Gasteiger partial charge >= 0.3 is 0 Å². The van der Waals surface area contributed by atoms with Gasteiger partial charge in [0.25, 0.3) is 5.19 Å². The molecule has 1 aromatic heterocycles. The van der Waals surface area contributed by atoms with Crippen LogP contribution in [0, 0.1) is 0 Å². The van der Waals surface area contributed by atoms with Crippen molar-refractivity contribution >= 4 is 17.2 Å². The molecule has 2 aromatic carbocycles. The van der Waals surface area contributed by atoms with E-state index in [9.17, 15) is 4.79 Å². The first-order chi connectivity index (χ1) is 11.8. The predicted molar refractivity (Wildman–Crippen MR) is 95.2 cm³/mol. The maximum atomic E-state index is 11.9. The van der Waals surface area contributed by atoms with Gasteiger partial charge in [0.05, 0.1) is 0 Å². The molecule has 0 fully saturated rings. The second kappa shape index (κ2) is 8.26. The minimum atomic E-state index is 0.0574. The Kier molecular flexibility index (Phi) is 5.58. The first-order valence-corrected chi connectivity index (χ1v) is 8.64. The molecule has 3 rings (SSSR count). The van der Waals surface area contributed by atoms with Crippen LogP contribution >= 0.6 is 11.3 Å². The van der Waals surface area contributed by atoms with Crippen LogP contribution in [-0.2, 0) is 17.8 Å². The molecule has 1 amide bonds. The van der Waals surface area contributed by atoms with Crippen LogP contribution in [-0.4, -0.2) is 10.9 Å². The Bertz CT molecular complexity index is 756. The van der Waals surface area contributed by atoms with E-state index < -0.39 is 0 Å². The van der Waals surface area contributed by atoms with Crippen LogP contribution < -0.4 is 10.1 Å². The van der Waals surface area contributed by atoms with E-state index in [0.29, 0.717) is 18.2 Å². The molecule has 0 aliphatic heterocycles. The number of benzene rings is 2. The van der Waals surface area contributed by atoms with Gasteiger partial charge in [0.15, 0.2) is 0 Å². The number of hydrogen-bond acceptors (Lipinski definition) is 4. The number of aryl methyl sites for hydroxylation is 1. The quantitative estimate of drug-likeness (QED) is 0.703. The molecule has 3 aromatic rings. The lowest BCUT2D eigenvalue weighted by molar-refractivity contribution is -0.121. The molecule has 0 saturated heterocycles. The fourth-order valence-corrected chi connectivity index (χ4v) is 2.73. The molecule has 0 bridgehead atoms. The Morgan fingerprint density at radius 3 is 2.54 bits per heavy atom. The molecule has 0 spiro atoms. The number of thiazole rings is 1. The van der Waals surface area contributed by atoms with Crippen LogP contribution in [0.15, 0.2) is 66.2 Å². The van der Waals surface area contributed by atoms with Crippen molar-refractivity contribution in [2.45, 2.75) is 19.4 Å². The van der Waals surface area contributed by atoms with Crippen LogP contribution in [0.2, 0.25) is 0 Å². The molecule has 1 heterocycles. The first kappa shape index (κ1) is 16.2. The van der Waals surface area contributed by atoms with Crippen LogP contribution in [0.5, 0.6) is 10.9 Å². The third-order valence-corrected chi connectivity index (χ3v) is 4.16. The maximum absolute atomic E-state index is 11.9. The number of rotatable bonds is 7. The first-order valence-electron chi connectivity index (χ1n) is 7.76. The molecule has 0 aliphatic rings. The van der Waals surface area contributed by atoms with Gasteiger partial charge in [0.2, 0.25) is 5.91 Å². The number of nitrogens with zero attached hydrogens (tertiary/aromatic N) is 1. The fraction of sp³-hybridized carbons (Fsp3) is 0.158. The molecule has 0 saturated carbocycles. The predicted octanol–water partition coefficient (Wildman–Crippen LogP) is 4.18. The molecule has 24 heavy (non-hydrogen) atoms. The van der Waals surface area contributed by atoms with Crippen molar-refractivity contribution in [3.63, 3.8) is 0 Å². The summed E-state index contributed by atoms with van der Waals surface area (Å²) in [5, 5.41) is 5.44. The molecular weight excluding hydrogens is 320 g/mol. The van der Waals surface area contributed by atoms with E-state index in [1.807, 2.05) is 60.0 Å². The Labute approximate surface area is 145 Å². The van der Waals surface area contributed by atoms with Gasteiger partial charge in [-0.05, 0) is 29.7 Å². The Hall–Kier alpha value is -2.66. The smallest absolute Gasteiger partial charge is 0.278 e. The van der Waals surface area contributed by atoms with Crippen molar-refractivity contribution < 1.29 is 9.53 Å². The van der Waals surface area contributed by atoms with Gasteiger partial charge in [-0.3, -0.25) is 4.79 Å². The Morgan fingerprint density at radius 2 is 1.83 bits per heavy atom. The zero-order valence-corrected chi connectivity index (χ0v) is 14.0. The highest BCUT2D eigenvalue weighted by atomic mass is 32.1. The van der Waals surface area contributed by atoms with Crippen molar-refractivity contribution in [3.8, 4) is 10.9 Å². The third-order valence-electron chi connectivity index (χ3n) is 3.51.